The fourth-order valence-corrected chi connectivity index (χ4v) is 3.71. The quantitative estimate of drug-likeness (QED) is 0.746. The Bertz CT molecular complexity index is 968. The van der Waals surface area contributed by atoms with Crippen LogP contribution >= 0.6 is 23.2 Å². The van der Waals surface area contributed by atoms with Gasteiger partial charge in [0.15, 0.2) is 6.10 Å². The van der Waals surface area contributed by atoms with Crippen LogP contribution in [0.2, 0.25) is 10.0 Å². The van der Waals surface area contributed by atoms with Gasteiger partial charge in [0.25, 0.3) is 11.8 Å². The second kappa shape index (κ2) is 8.84. The highest BCUT2D eigenvalue weighted by Crippen LogP contribution is 2.34. The molecule has 0 aromatic heterocycles. The average Bonchev–Trinajstić information content (AvgIpc) is 2.98. The van der Waals surface area contributed by atoms with E-state index in [2.05, 4.69) is 10.4 Å². The van der Waals surface area contributed by atoms with E-state index in [4.69, 9.17) is 27.9 Å². The summed E-state index contributed by atoms with van der Waals surface area (Å²) in [5.74, 6) is 0.208. The summed E-state index contributed by atoms with van der Waals surface area (Å²) in [5, 5.41) is 8.94. The summed E-state index contributed by atoms with van der Waals surface area (Å²) in [7, 11) is 0. The maximum Gasteiger partial charge on any atom is 0.266 e. The lowest BCUT2D eigenvalue weighted by atomic mass is 10.2. The summed E-state index contributed by atoms with van der Waals surface area (Å²) in [6, 6.07) is 10.7. The first-order valence-electron chi connectivity index (χ1n) is 9.18. The van der Waals surface area contributed by atoms with E-state index in [0.29, 0.717) is 33.5 Å². The van der Waals surface area contributed by atoms with E-state index in [1.807, 2.05) is 32.0 Å². The van der Waals surface area contributed by atoms with Crippen molar-refractivity contribution in [2.24, 2.45) is 5.10 Å². The first-order valence-corrected chi connectivity index (χ1v) is 9.94. The molecule has 0 radical (unpaired) electrons. The first kappa shape index (κ1) is 21.1. The molecule has 0 aliphatic carbocycles. The molecule has 0 saturated carbocycles. The van der Waals surface area contributed by atoms with Crippen LogP contribution in [0.5, 0.6) is 5.75 Å². The van der Waals surface area contributed by atoms with E-state index in [1.54, 1.807) is 25.1 Å². The Kier molecular flexibility index (Phi) is 6.45. The van der Waals surface area contributed by atoms with Crippen molar-refractivity contribution in [1.82, 2.24) is 5.32 Å². The molecule has 152 valence electrons. The van der Waals surface area contributed by atoms with Crippen molar-refractivity contribution in [3.8, 4) is 5.75 Å². The number of rotatable bonds is 5. The predicted octanol–water partition coefficient (Wildman–Crippen LogP) is 4.63. The van der Waals surface area contributed by atoms with E-state index in [1.165, 1.54) is 5.01 Å². The Morgan fingerprint density at radius 1 is 1.28 bits per heavy atom. The molecule has 1 N–H and O–H groups in total. The molecule has 29 heavy (non-hydrogen) atoms. The van der Waals surface area contributed by atoms with Crippen LogP contribution in [-0.2, 0) is 9.59 Å². The van der Waals surface area contributed by atoms with Gasteiger partial charge < -0.3 is 10.1 Å². The van der Waals surface area contributed by atoms with Crippen molar-refractivity contribution in [3.05, 3.63) is 57.6 Å². The summed E-state index contributed by atoms with van der Waals surface area (Å²) in [4.78, 5) is 25.1. The number of hydrogen-bond donors (Lipinski definition) is 1. The second-order valence-electron chi connectivity index (χ2n) is 6.80. The molecule has 1 aliphatic heterocycles. The molecule has 0 saturated heterocycles. The number of amides is 2. The smallest absolute Gasteiger partial charge is 0.266 e. The van der Waals surface area contributed by atoms with Crippen molar-refractivity contribution in [3.63, 3.8) is 0 Å². The number of carbonyl (C=O) groups is 2. The number of anilines is 1. The van der Waals surface area contributed by atoms with Crippen LogP contribution in [0.3, 0.4) is 0 Å². The van der Waals surface area contributed by atoms with Gasteiger partial charge in [-0.25, -0.2) is 0 Å². The second-order valence-corrected chi connectivity index (χ2v) is 7.65. The molecule has 8 heteroatoms. The lowest BCUT2D eigenvalue weighted by Gasteiger charge is -2.17. The minimum Gasteiger partial charge on any atom is -0.481 e. The van der Waals surface area contributed by atoms with Gasteiger partial charge >= 0.3 is 0 Å². The maximum atomic E-state index is 12.7. The standard InChI is InChI=1S/C21H21Cl2N3O3/c1-4-17(29-15-7-5-6-12(2)8-15)21(28)24-18-11-19(27)26(25-18)20-13(3)9-14(22)10-16(20)23/h5-10,17H,4,11H2,1-3H3,(H,24,25,28). The summed E-state index contributed by atoms with van der Waals surface area (Å²) in [5.41, 5.74) is 2.20. The summed E-state index contributed by atoms with van der Waals surface area (Å²) in [6.07, 6.45) is -0.276. The fraction of sp³-hybridized carbons (Fsp3) is 0.286. The molecular weight excluding hydrogens is 413 g/mol. The average molecular weight is 434 g/mol. The zero-order valence-electron chi connectivity index (χ0n) is 16.3. The van der Waals surface area contributed by atoms with Gasteiger partial charge in [-0.2, -0.15) is 10.1 Å². The molecule has 1 heterocycles. The Morgan fingerprint density at radius 3 is 2.69 bits per heavy atom. The number of carbonyl (C=O) groups excluding carboxylic acids is 2. The maximum absolute atomic E-state index is 12.7. The van der Waals surface area contributed by atoms with Crippen LogP contribution < -0.4 is 15.1 Å². The van der Waals surface area contributed by atoms with Gasteiger partial charge in [-0.05, 0) is 55.7 Å². The molecule has 0 bridgehead atoms. The normalized spacial score (nSPS) is 14.6. The van der Waals surface area contributed by atoms with Crippen molar-refractivity contribution in [2.75, 3.05) is 5.01 Å². The molecule has 2 aromatic rings. The molecule has 2 aromatic carbocycles. The molecule has 1 atom stereocenters. The lowest BCUT2D eigenvalue weighted by Crippen LogP contribution is -2.41. The van der Waals surface area contributed by atoms with Gasteiger partial charge in [-0.15, -0.1) is 0 Å². The highest BCUT2D eigenvalue weighted by atomic mass is 35.5. The fourth-order valence-electron chi connectivity index (χ4n) is 3.03. The Morgan fingerprint density at radius 2 is 2.03 bits per heavy atom. The van der Waals surface area contributed by atoms with Gasteiger partial charge in [0, 0.05) is 5.02 Å². The van der Waals surface area contributed by atoms with Crippen molar-refractivity contribution in [2.45, 2.75) is 39.7 Å². The van der Waals surface area contributed by atoms with E-state index < -0.39 is 6.10 Å². The number of benzene rings is 2. The number of hydrazone groups is 1. The SMILES string of the molecule is CCC(Oc1cccc(C)c1)C(=O)NC1=NN(c2c(C)cc(Cl)cc2Cl)C(=O)C1. The molecule has 3 rings (SSSR count). The third-order valence-corrected chi connectivity index (χ3v) is 4.91. The van der Waals surface area contributed by atoms with Crippen LogP contribution in [0.15, 0.2) is 41.5 Å². The molecule has 0 fully saturated rings. The number of halogens is 2. The zero-order valence-corrected chi connectivity index (χ0v) is 17.8. The topological polar surface area (TPSA) is 71.0 Å². The number of aryl methyl sites for hydroxylation is 2. The van der Waals surface area contributed by atoms with Crippen LogP contribution in [0.4, 0.5) is 5.69 Å². The minimum absolute atomic E-state index is 0.0367. The van der Waals surface area contributed by atoms with Crippen LogP contribution in [0, 0.1) is 13.8 Å². The highest BCUT2D eigenvalue weighted by Gasteiger charge is 2.30. The highest BCUT2D eigenvalue weighted by molar-refractivity contribution is 6.37. The molecule has 2 amide bonds. The Balaban J connectivity index is 1.75. The number of amidine groups is 1. The minimum atomic E-state index is -0.704. The van der Waals surface area contributed by atoms with Crippen LogP contribution in [0.1, 0.15) is 30.9 Å². The van der Waals surface area contributed by atoms with Gasteiger partial charge in [-0.1, -0.05) is 42.3 Å². The van der Waals surface area contributed by atoms with Crippen LogP contribution in [0.25, 0.3) is 0 Å². The summed E-state index contributed by atoms with van der Waals surface area (Å²) >= 11 is 12.2. The van der Waals surface area contributed by atoms with Gasteiger partial charge in [0.2, 0.25) is 0 Å². The monoisotopic (exact) mass is 433 g/mol. The van der Waals surface area contributed by atoms with E-state index in [0.717, 1.165) is 5.56 Å². The largest absolute Gasteiger partial charge is 0.481 e. The van der Waals surface area contributed by atoms with Crippen LogP contribution in [-0.4, -0.2) is 23.8 Å². The zero-order chi connectivity index (χ0) is 21.1. The third kappa shape index (κ3) is 4.89. The summed E-state index contributed by atoms with van der Waals surface area (Å²) in [6.45, 7) is 5.59. The number of nitrogens with zero attached hydrogens (tertiary/aromatic N) is 2. The Labute approximate surface area is 179 Å². The molecule has 6 nitrogen and oxygen atoms in total. The van der Waals surface area contributed by atoms with E-state index in [9.17, 15) is 9.59 Å². The first-order chi connectivity index (χ1) is 13.8. The van der Waals surface area contributed by atoms with Crippen molar-refractivity contribution in [1.29, 1.82) is 0 Å². The molecule has 0 spiro atoms. The molecular formula is C21H21Cl2N3O3. The third-order valence-electron chi connectivity index (χ3n) is 4.40. The number of ether oxygens (including phenoxy) is 1. The van der Waals surface area contributed by atoms with Crippen molar-refractivity contribution >= 4 is 46.5 Å². The predicted molar refractivity (Wildman–Crippen MR) is 115 cm³/mol. The molecule has 1 aliphatic rings. The van der Waals surface area contributed by atoms with Gasteiger partial charge in [0.1, 0.15) is 11.6 Å². The van der Waals surface area contributed by atoms with E-state index in [-0.39, 0.29) is 24.1 Å². The van der Waals surface area contributed by atoms with Gasteiger partial charge in [-0.3, -0.25) is 9.59 Å². The number of hydrogen-bond acceptors (Lipinski definition) is 4. The number of nitrogens with one attached hydrogen (secondary N) is 1. The summed E-state index contributed by atoms with van der Waals surface area (Å²) < 4.78 is 5.80. The Hall–Kier alpha value is -2.57. The van der Waals surface area contributed by atoms with Crippen molar-refractivity contribution < 1.29 is 14.3 Å². The lowest BCUT2D eigenvalue weighted by molar-refractivity contribution is -0.126. The van der Waals surface area contributed by atoms with Gasteiger partial charge in [0.05, 0.1) is 17.1 Å². The molecule has 1 unspecified atom stereocenters. The van der Waals surface area contributed by atoms with E-state index >= 15 is 0 Å².